The van der Waals surface area contributed by atoms with Crippen LogP contribution >= 0.6 is 0 Å². The number of hydrogen-bond acceptors (Lipinski definition) is 7. The summed E-state index contributed by atoms with van der Waals surface area (Å²) in [5, 5.41) is 5.52. The number of rotatable bonds is 5. The first-order valence-corrected chi connectivity index (χ1v) is 11.8. The van der Waals surface area contributed by atoms with Gasteiger partial charge >= 0.3 is 6.09 Å². The maximum atomic E-state index is 12.1. The zero-order chi connectivity index (χ0) is 24.4. The summed E-state index contributed by atoms with van der Waals surface area (Å²) in [7, 11) is 0. The lowest BCUT2D eigenvalue weighted by Crippen LogP contribution is -2.49. The van der Waals surface area contributed by atoms with Crippen LogP contribution in [0.25, 0.3) is 22.3 Å². The Kier molecular flexibility index (Phi) is 6.22. The second kappa shape index (κ2) is 9.61. The van der Waals surface area contributed by atoms with E-state index in [0.29, 0.717) is 56.7 Å². The molecule has 1 aliphatic rings. The van der Waals surface area contributed by atoms with E-state index in [2.05, 4.69) is 24.0 Å². The molecule has 35 heavy (non-hydrogen) atoms. The van der Waals surface area contributed by atoms with Gasteiger partial charge in [0, 0.05) is 31.7 Å². The van der Waals surface area contributed by atoms with E-state index in [4.69, 9.17) is 25.5 Å². The van der Waals surface area contributed by atoms with Gasteiger partial charge in [0.05, 0.1) is 24.2 Å². The van der Waals surface area contributed by atoms with Crippen LogP contribution in [0.1, 0.15) is 18.1 Å². The Morgan fingerprint density at radius 1 is 1.03 bits per heavy atom. The zero-order valence-electron chi connectivity index (χ0n) is 20.0. The molecule has 2 N–H and O–H groups in total. The van der Waals surface area contributed by atoms with Crippen LogP contribution in [0, 0.1) is 6.92 Å². The predicted octanol–water partition coefficient (Wildman–Crippen LogP) is 3.71. The van der Waals surface area contributed by atoms with Crippen LogP contribution in [0.4, 0.5) is 16.6 Å². The molecule has 4 aromatic rings. The topological polar surface area (TPSA) is 102 Å². The molecule has 5 rings (SSSR count). The highest BCUT2D eigenvalue weighted by Gasteiger charge is 2.26. The number of amides is 1. The standard InChI is InChI=1S/C26H29N7O2/c1-3-35-26(34)32-14-12-31(13-15-32)25-28-22(20-11-7-8-18(2)16-20)21-23(27)33(30-24(21)29-25)17-19-9-5-4-6-10-19/h4-11,16H,3,12-15,17,27H2,1-2H3. The summed E-state index contributed by atoms with van der Waals surface area (Å²) in [6, 6.07) is 18.3. The summed E-state index contributed by atoms with van der Waals surface area (Å²) in [6.07, 6.45) is -0.281. The predicted molar refractivity (Wildman–Crippen MR) is 136 cm³/mol. The summed E-state index contributed by atoms with van der Waals surface area (Å²) >= 11 is 0. The molecule has 0 unspecified atom stereocenters. The molecular formula is C26H29N7O2. The number of carbonyl (C=O) groups is 1. The molecule has 9 nitrogen and oxygen atoms in total. The SMILES string of the molecule is CCOC(=O)N1CCN(c2nc(-c3cccc(C)c3)c3c(N)n(Cc4ccccc4)nc3n2)CC1. The number of aromatic nitrogens is 4. The van der Waals surface area contributed by atoms with Crippen LogP contribution < -0.4 is 10.6 Å². The number of ether oxygens (including phenoxy) is 1. The van der Waals surface area contributed by atoms with E-state index in [0.717, 1.165) is 27.8 Å². The van der Waals surface area contributed by atoms with Crippen molar-refractivity contribution in [3.63, 3.8) is 0 Å². The third kappa shape index (κ3) is 4.62. The van der Waals surface area contributed by atoms with Gasteiger partial charge in [-0.25, -0.2) is 14.5 Å². The van der Waals surface area contributed by atoms with Crippen LogP contribution in [0.3, 0.4) is 0 Å². The molecule has 1 saturated heterocycles. The van der Waals surface area contributed by atoms with E-state index in [9.17, 15) is 4.79 Å². The fourth-order valence-corrected chi connectivity index (χ4v) is 4.37. The molecule has 1 aliphatic heterocycles. The molecule has 0 saturated carbocycles. The number of aryl methyl sites for hydroxylation is 1. The minimum Gasteiger partial charge on any atom is -0.450 e. The van der Waals surface area contributed by atoms with Gasteiger partial charge in [-0.3, -0.25) is 0 Å². The van der Waals surface area contributed by atoms with E-state index in [1.165, 1.54) is 0 Å². The summed E-state index contributed by atoms with van der Waals surface area (Å²) < 4.78 is 6.93. The third-order valence-corrected chi connectivity index (χ3v) is 6.18. The zero-order valence-corrected chi connectivity index (χ0v) is 20.0. The number of anilines is 2. The average Bonchev–Trinajstić information content (AvgIpc) is 3.19. The number of nitrogens with two attached hydrogens (primary N) is 1. The van der Waals surface area contributed by atoms with Gasteiger partial charge in [-0.2, -0.15) is 4.98 Å². The van der Waals surface area contributed by atoms with Gasteiger partial charge in [0.2, 0.25) is 5.95 Å². The van der Waals surface area contributed by atoms with E-state index in [1.807, 2.05) is 49.4 Å². The van der Waals surface area contributed by atoms with E-state index < -0.39 is 0 Å². The molecule has 0 aliphatic carbocycles. The van der Waals surface area contributed by atoms with Crippen molar-refractivity contribution in [1.29, 1.82) is 0 Å². The Bertz CT molecular complexity index is 1340. The van der Waals surface area contributed by atoms with Crippen LogP contribution in [-0.4, -0.2) is 63.5 Å². The minimum absolute atomic E-state index is 0.281. The van der Waals surface area contributed by atoms with Crippen molar-refractivity contribution in [2.75, 3.05) is 43.4 Å². The van der Waals surface area contributed by atoms with E-state index in [-0.39, 0.29) is 6.09 Å². The molecule has 0 atom stereocenters. The molecule has 2 aromatic carbocycles. The minimum atomic E-state index is -0.281. The Morgan fingerprint density at radius 3 is 2.51 bits per heavy atom. The lowest BCUT2D eigenvalue weighted by atomic mass is 10.1. The smallest absolute Gasteiger partial charge is 0.409 e. The second-order valence-corrected chi connectivity index (χ2v) is 8.64. The molecule has 1 amide bonds. The van der Waals surface area contributed by atoms with Crippen LogP contribution in [0.2, 0.25) is 0 Å². The molecule has 0 radical (unpaired) electrons. The first-order chi connectivity index (χ1) is 17.0. The first-order valence-electron chi connectivity index (χ1n) is 11.8. The summed E-state index contributed by atoms with van der Waals surface area (Å²) in [5.41, 5.74) is 11.2. The maximum Gasteiger partial charge on any atom is 0.409 e. The van der Waals surface area contributed by atoms with Crippen molar-refractivity contribution < 1.29 is 9.53 Å². The molecule has 9 heteroatoms. The lowest BCUT2D eigenvalue weighted by Gasteiger charge is -2.34. The maximum absolute atomic E-state index is 12.1. The van der Waals surface area contributed by atoms with Gasteiger partial charge in [-0.1, -0.05) is 54.1 Å². The number of carbonyl (C=O) groups excluding carboxylic acids is 1. The first kappa shape index (κ1) is 22.6. The Balaban J connectivity index is 1.54. The van der Waals surface area contributed by atoms with Crippen molar-refractivity contribution in [1.82, 2.24) is 24.6 Å². The summed E-state index contributed by atoms with van der Waals surface area (Å²) in [6.45, 7) is 7.09. The van der Waals surface area contributed by atoms with Crippen LogP contribution in [-0.2, 0) is 11.3 Å². The second-order valence-electron chi connectivity index (χ2n) is 8.64. The molecule has 1 fully saturated rings. The molecular weight excluding hydrogens is 442 g/mol. The highest BCUT2D eigenvalue weighted by Crippen LogP contribution is 2.33. The molecule has 180 valence electrons. The Labute approximate surface area is 204 Å². The number of nitrogen functional groups attached to an aromatic ring is 1. The largest absolute Gasteiger partial charge is 0.450 e. The summed E-state index contributed by atoms with van der Waals surface area (Å²) in [5.74, 6) is 1.13. The number of piperazine rings is 1. The van der Waals surface area contributed by atoms with Crippen molar-refractivity contribution in [3.8, 4) is 11.3 Å². The van der Waals surface area contributed by atoms with Gasteiger partial charge in [0.25, 0.3) is 0 Å². The number of fused-ring (bicyclic) bond motifs is 1. The Morgan fingerprint density at radius 2 is 1.80 bits per heavy atom. The van der Waals surface area contributed by atoms with Gasteiger partial charge < -0.3 is 20.3 Å². The van der Waals surface area contributed by atoms with Gasteiger partial charge in [-0.05, 0) is 25.5 Å². The molecule has 3 heterocycles. The molecule has 0 spiro atoms. The molecule has 0 bridgehead atoms. The number of hydrogen-bond donors (Lipinski definition) is 1. The lowest BCUT2D eigenvalue weighted by molar-refractivity contribution is 0.105. The van der Waals surface area contributed by atoms with Crippen molar-refractivity contribution >= 4 is 28.9 Å². The molecule has 2 aromatic heterocycles. The van der Waals surface area contributed by atoms with E-state index in [1.54, 1.807) is 9.58 Å². The van der Waals surface area contributed by atoms with E-state index >= 15 is 0 Å². The third-order valence-electron chi connectivity index (χ3n) is 6.18. The van der Waals surface area contributed by atoms with Gasteiger partial charge in [-0.15, -0.1) is 5.10 Å². The van der Waals surface area contributed by atoms with Gasteiger partial charge in [0.15, 0.2) is 5.65 Å². The number of benzene rings is 2. The summed E-state index contributed by atoms with van der Waals surface area (Å²) in [4.78, 5) is 25.7. The fourth-order valence-electron chi connectivity index (χ4n) is 4.37. The fraction of sp³-hybridized carbons (Fsp3) is 0.308. The van der Waals surface area contributed by atoms with Crippen molar-refractivity contribution in [3.05, 3.63) is 65.7 Å². The van der Waals surface area contributed by atoms with Crippen molar-refractivity contribution in [2.24, 2.45) is 0 Å². The number of nitrogens with zero attached hydrogens (tertiary/aromatic N) is 6. The van der Waals surface area contributed by atoms with Crippen LogP contribution in [0.5, 0.6) is 0 Å². The van der Waals surface area contributed by atoms with Crippen molar-refractivity contribution in [2.45, 2.75) is 20.4 Å². The van der Waals surface area contributed by atoms with Crippen LogP contribution in [0.15, 0.2) is 54.6 Å². The quantitative estimate of drug-likeness (QED) is 0.473. The highest BCUT2D eigenvalue weighted by molar-refractivity contribution is 5.99. The Hall–Kier alpha value is -4.14. The highest BCUT2D eigenvalue weighted by atomic mass is 16.6. The monoisotopic (exact) mass is 471 g/mol. The normalized spacial score (nSPS) is 13.9. The average molecular weight is 472 g/mol. The van der Waals surface area contributed by atoms with Gasteiger partial charge in [0.1, 0.15) is 5.82 Å².